The van der Waals surface area contributed by atoms with E-state index in [2.05, 4.69) is 44.7 Å². The van der Waals surface area contributed by atoms with Crippen molar-refractivity contribution in [1.82, 2.24) is 30.3 Å². The summed E-state index contributed by atoms with van der Waals surface area (Å²) in [6, 6.07) is 8.19. The average Bonchev–Trinajstić information content (AvgIpc) is 3.27. The van der Waals surface area contributed by atoms with Crippen LogP contribution >= 0.6 is 24.0 Å². The summed E-state index contributed by atoms with van der Waals surface area (Å²) >= 11 is 0. The van der Waals surface area contributed by atoms with Gasteiger partial charge in [0, 0.05) is 33.1 Å². The minimum atomic E-state index is 0. The molecule has 8 nitrogen and oxygen atoms in total. The van der Waals surface area contributed by atoms with Crippen LogP contribution in [0.4, 0.5) is 0 Å². The minimum Gasteiger partial charge on any atom is -0.359 e. The fourth-order valence-electron chi connectivity index (χ4n) is 3.40. The van der Waals surface area contributed by atoms with Gasteiger partial charge < -0.3 is 15.5 Å². The Morgan fingerprint density at radius 3 is 2.55 bits per heavy atom. The van der Waals surface area contributed by atoms with Crippen molar-refractivity contribution in [2.45, 2.75) is 32.7 Å². The molecule has 3 rings (SSSR count). The molecule has 1 aliphatic rings. The summed E-state index contributed by atoms with van der Waals surface area (Å²) in [6.45, 7) is 5.40. The Morgan fingerprint density at radius 2 is 1.97 bits per heavy atom. The van der Waals surface area contributed by atoms with Crippen molar-refractivity contribution in [3.05, 3.63) is 42.5 Å². The Morgan fingerprint density at radius 1 is 1.24 bits per heavy atom. The zero-order valence-electron chi connectivity index (χ0n) is 17.0. The van der Waals surface area contributed by atoms with Gasteiger partial charge in [0.1, 0.15) is 12.7 Å². The number of halogens is 1. The van der Waals surface area contributed by atoms with Gasteiger partial charge in [-0.25, -0.2) is 14.7 Å². The van der Waals surface area contributed by atoms with Crippen LogP contribution < -0.4 is 10.6 Å². The molecule has 158 valence electrons. The zero-order valence-corrected chi connectivity index (χ0v) is 19.4. The third-order valence-corrected chi connectivity index (χ3v) is 5.03. The maximum absolute atomic E-state index is 11.6. The SMILES string of the molecule is CCNC(=NCc1ccc(-n2cncn2)cc1)N1CCC(CC(=O)NC)CC1.I. The molecule has 1 aromatic heterocycles. The predicted molar refractivity (Wildman–Crippen MR) is 125 cm³/mol. The highest BCUT2D eigenvalue weighted by Crippen LogP contribution is 2.20. The van der Waals surface area contributed by atoms with Crippen LogP contribution in [0.5, 0.6) is 0 Å². The van der Waals surface area contributed by atoms with Gasteiger partial charge in [-0.2, -0.15) is 5.10 Å². The molecule has 2 aromatic rings. The van der Waals surface area contributed by atoms with Gasteiger partial charge in [0.05, 0.1) is 12.2 Å². The van der Waals surface area contributed by atoms with Gasteiger partial charge >= 0.3 is 0 Å². The molecule has 0 atom stereocenters. The number of nitrogens with one attached hydrogen (secondary N) is 2. The number of hydrogen-bond donors (Lipinski definition) is 2. The number of benzene rings is 1. The van der Waals surface area contributed by atoms with E-state index in [4.69, 9.17) is 4.99 Å². The second kappa shape index (κ2) is 11.7. The molecule has 0 aliphatic carbocycles. The molecule has 0 saturated carbocycles. The molecule has 9 heteroatoms. The van der Waals surface area contributed by atoms with E-state index in [0.717, 1.165) is 49.7 Å². The number of aliphatic imine (C=N–C) groups is 1. The number of hydrogen-bond acceptors (Lipinski definition) is 4. The van der Waals surface area contributed by atoms with E-state index >= 15 is 0 Å². The van der Waals surface area contributed by atoms with Gasteiger partial charge in [-0.3, -0.25) is 4.79 Å². The fourth-order valence-corrected chi connectivity index (χ4v) is 3.40. The van der Waals surface area contributed by atoms with Crippen molar-refractivity contribution in [3.8, 4) is 5.69 Å². The molecular weight excluding hydrogens is 481 g/mol. The molecule has 1 saturated heterocycles. The molecule has 1 aromatic carbocycles. The third-order valence-electron chi connectivity index (χ3n) is 5.03. The smallest absolute Gasteiger partial charge is 0.220 e. The summed E-state index contributed by atoms with van der Waals surface area (Å²) in [5.41, 5.74) is 2.13. The molecule has 0 spiro atoms. The van der Waals surface area contributed by atoms with Gasteiger partial charge in [0.25, 0.3) is 0 Å². The highest BCUT2D eigenvalue weighted by atomic mass is 127. The lowest BCUT2D eigenvalue weighted by molar-refractivity contribution is -0.121. The van der Waals surface area contributed by atoms with Crippen LogP contribution in [-0.4, -0.2) is 58.2 Å². The van der Waals surface area contributed by atoms with Crippen molar-refractivity contribution in [2.24, 2.45) is 10.9 Å². The van der Waals surface area contributed by atoms with E-state index in [1.165, 1.54) is 6.33 Å². The molecular formula is C20H30IN7O. The first-order valence-electron chi connectivity index (χ1n) is 9.87. The maximum Gasteiger partial charge on any atom is 0.220 e. The fraction of sp³-hybridized carbons (Fsp3) is 0.500. The summed E-state index contributed by atoms with van der Waals surface area (Å²) in [7, 11) is 1.70. The molecule has 0 radical (unpaired) electrons. The van der Waals surface area contributed by atoms with E-state index in [0.29, 0.717) is 18.9 Å². The van der Waals surface area contributed by atoms with E-state index < -0.39 is 0 Å². The van der Waals surface area contributed by atoms with Crippen LogP contribution in [0, 0.1) is 5.92 Å². The lowest BCUT2D eigenvalue weighted by Crippen LogP contribution is -2.46. The van der Waals surface area contributed by atoms with Crippen LogP contribution in [0.3, 0.4) is 0 Å². The second-order valence-electron chi connectivity index (χ2n) is 6.98. The molecule has 0 unspecified atom stereocenters. The number of rotatable bonds is 6. The highest BCUT2D eigenvalue weighted by Gasteiger charge is 2.23. The Kier molecular flexibility index (Phi) is 9.36. The third kappa shape index (κ3) is 6.69. The van der Waals surface area contributed by atoms with Crippen molar-refractivity contribution < 1.29 is 4.79 Å². The first-order valence-corrected chi connectivity index (χ1v) is 9.87. The number of aromatic nitrogens is 3. The predicted octanol–water partition coefficient (Wildman–Crippen LogP) is 2.20. The van der Waals surface area contributed by atoms with E-state index in [-0.39, 0.29) is 29.9 Å². The van der Waals surface area contributed by atoms with Crippen LogP contribution in [0.1, 0.15) is 31.7 Å². The summed E-state index contributed by atoms with van der Waals surface area (Å²) in [4.78, 5) is 22.7. The molecule has 0 bridgehead atoms. The number of amides is 1. The van der Waals surface area contributed by atoms with Gasteiger partial charge in [-0.15, -0.1) is 24.0 Å². The first kappa shape index (κ1) is 23.1. The van der Waals surface area contributed by atoms with Crippen molar-refractivity contribution >= 4 is 35.8 Å². The summed E-state index contributed by atoms with van der Waals surface area (Å²) in [5.74, 6) is 1.54. The minimum absolute atomic E-state index is 0. The summed E-state index contributed by atoms with van der Waals surface area (Å²) < 4.78 is 1.74. The Labute approximate surface area is 189 Å². The monoisotopic (exact) mass is 511 g/mol. The van der Waals surface area contributed by atoms with Gasteiger partial charge in [-0.1, -0.05) is 12.1 Å². The maximum atomic E-state index is 11.6. The summed E-state index contributed by atoms with van der Waals surface area (Å²) in [6.07, 6.45) is 5.87. The Bertz CT molecular complexity index is 769. The van der Waals surface area contributed by atoms with Crippen LogP contribution in [-0.2, 0) is 11.3 Å². The lowest BCUT2D eigenvalue weighted by Gasteiger charge is -2.34. The molecule has 1 amide bonds. The number of carbonyl (C=O) groups excluding carboxylic acids is 1. The van der Waals surface area contributed by atoms with Crippen LogP contribution in [0.25, 0.3) is 5.69 Å². The van der Waals surface area contributed by atoms with Crippen LogP contribution in [0.2, 0.25) is 0 Å². The normalized spacial score (nSPS) is 15.0. The number of piperidine rings is 1. The quantitative estimate of drug-likeness (QED) is 0.353. The Hall–Kier alpha value is -2.17. The van der Waals surface area contributed by atoms with E-state index in [1.54, 1.807) is 18.1 Å². The number of guanidine groups is 1. The average molecular weight is 511 g/mol. The standard InChI is InChI=1S/C20H29N7O.HI/c1-3-23-20(26-10-8-16(9-11-26)12-19(28)21-2)24-13-17-4-6-18(7-5-17)27-15-22-14-25-27;/h4-7,14-16H,3,8-13H2,1-2H3,(H,21,28)(H,23,24);1H. The van der Waals surface area contributed by atoms with Gasteiger partial charge in [0.2, 0.25) is 5.91 Å². The topological polar surface area (TPSA) is 87.4 Å². The molecule has 2 heterocycles. The van der Waals surface area contributed by atoms with Crippen molar-refractivity contribution in [3.63, 3.8) is 0 Å². The second-order valence-corrected chi connectivity index (χ2v) is 6.98. The molecule has 2 N–H and O–H groups in total. The van der Waals surface area contributed by atoms with Crippen molar-refractivity contribution in [2.75, 3.05) is 26.7 Å². The largest absolute Gasteiger partial charge is 0.359 e. The summed E-state index contributed by atoms with van der Waals surface area (Å²) in [5, 5.41) is 10.3. The van der Waals surface area contributed by atoms with E-state index in [9.17, 15) is 4.79 Å². The number of nitrogens with zero attached hydrogens (tertiary/aromatic N) is 5. The number of carbonyl (C=O) groups is 1. The van der Waals surface area contributed by atoms with Crippen molar-refractivity contribution in [1.29, 1.82) is 0 Å². The molecule has 29 heavy (non-hydrogen) atoms. The Balaban J connectivity index is 0.00000300. The van der Waals surface area contributed by atoms with Crippen LogP contribution in [0.15, 0.2) is 41.9 Å². The zero-order chi connectivity index (χ0) is 19.8. The first-order chi connectivity index (χ1) is 13.7. The van der Waals surface area contributed by atoms with Gasteiger partial charge in [-0.05, 0) is 43.4 Å². The van der Waals surface area contributed by atoms with Gasteiger partial charge in [0.15, 0.2) is 5.96 Å². The van der Waals surface area contributed by atoms with E-state index in [1.807, 2.05) is 12.1 Å². The molecule has 1 aliphatic heterocycles. The molecule has 1 fully saturated rings. The number of likely N-dealkylation sites (tertiary alicyclic amines) is 1. The lowest BCUT2D eigenvalue weighted by atomic mass is 9.93. The highest BCUT2D eigenvalue weighted by molar-refractivity contribution is 14.0.